The molecule has 5 nitrogen and oxygen atoms in total. The molecule has 2 aliphatic heterocycles. The first-order chi connectivity index (χ1) is 13.2. The van der Waals surface area contributed by atoms with Crippen LogP contribution in [0, 0.1) is 0 Å². The van der Waals surface area contributed by atoms with Crippen LogP contribution in [0.15, 0.2) is 53.4 Å². The van der Waals surface area contributed by atoms with E-state index >= 15 is 0 Å². The van der Waals surface area contributed by atoms with Crippen molar-refractivity contribution in [2.24, 2.45) is 0 Å². The number of aliphatic hydroxyl groups is 1. The number of anilines is 3. The predicted octanol–water partition coefficient (Wildman–Crippen LogP) is 3.20. The number of aliphatic hydroxyl groups excluding tert-OH is 1. The summed E-state index contributed by atoms with van der Waals surface area (Å²) in [5.41, 5.74) is 3.09. The molecule has 2 aromatic rings. The number of carbonyl (C=O) groups excluding carboxylic acids is 1. The van der Waals surface area contributed by atoms with Crippen LogP contribution in [0.5, 0.6) is 0 Å². The van der Waals surface area contributed by atoms with Crippen LogP contribution in [0.2, 0.25) is 0 Å². The largest absolute Gasteiger partial charge is 0.393 e. The molecule has 0 radical (unpaired) electrons. The number of piperidine rings is 1. The summed E-state index contributed by atoms with van der Waals surface area (Å²) in [7, 11) is 0. The Balaban J connectivity index is 1.44. The third kappa shape index (κ3) is 4.06. The number of carbonyl (C=O) groups is 1. The second kappa shape index (κ2) is 8.23. The smallest absolute Gasteiger partial charge is 0.246 e. The van der Waals surface area contributed by atoms with Gasteiger partial charge in [-0.15, -0.1) is 11.8 Å². The van der Waals surface area contributed by atoms with Crippen molar-refractivity contribution < 1.29 is 9.90 Å². The van der Waals surface area contributed by atoms with Crippen molar-refractivity contribution in [3.63, 3.8) is 0 Å². The minimum Gasteiger partial charge on any atom is -0.393 e. The minimum atomic E-state index is -0.194. The van der Waals surface area contributed by atoms with E-state index in [1.807, 2.05) is 41.3 Å². The summed E-state index contributed by atoms with van der Waals surface area (Å²) in [5, 5.41) is 13.1. The number of nitrogens with zero attached hydrogens (tertiary/aromatic N) is 2. The van der Waals surface area contributed by atoms with Crippen molar-refractivity contribution in [2.75, 3.05) is 47.0 Å². The maximum Gasteiger partial charge on any atom is 0.246 e. The normalized spacial score (nSPS) is 17.5. The fourth-order valence-corrected chi connectivity index (χ4v) is 4.70. The molecule has 1 amide bonds. The molecule has 0 spiro atoms. The molecular formula is C21H25N3O2S. The summed E-state index contributed by atoms with van der Waals surface area (Å²) in [4.78, 5) is 18.2. The quantitative estimate of drug-likeness (QED) is 0.849. The number of fused-ring (bicyclic) bond motifs is 1. The summed E-state index contributed by atoms with van der Waals surface area (Å²) in [6.07, 6.45) is 1.38. The van der Waals surface area contributed by atoms with Crippen LogP contribution < -0.4 is 15.1 Å². The first-order valence-corrected chi connectivity index (χ1v) is 10.5. The highest BCUT2D eigenvalue weighted by molar-refractivity contribution is 7.99. The fourth-order valence-electron chi connectivity index (χ4n) is 3.70. The van der Waals surface area contributed by atoms with Crippen LogP contribution in [0.3, 0.4) is 0 Å². The molecule has 0 unspecified atom stereocenters. The zero-order chi connectivity index (χ0) is 18.6. The van der Waals surface area contributed by atoms with Gasteiger partial charge in [0.15, 0.2) is 0 Å². The standard InChI is InChI=1S/C21H25N3O2S/c25-16-9-11-23(12-10-16)18-6-2-1-5-17(18)22-15-21(26)24-13-14-27-20-8-4-3-7-19(20)24/h1-8,16,22,25H,9-15H2. The van der Waals surface area contributed by atoms with Crippen molar-refractivity contribution in [3.05, 3.63) is 48.5 Å². The predicted molar refractivity (Wildman–Crippen MR) is 112 cm³/mol. The van der Waals surface area contributed by atoms with Gasteiger partial charge in [-0.25, -0.2) is 0 Å². The van der Waals surface area contributed by atoms with E-state index in [4.69, 9.17) is 0 Å². The maximum absolute atomic E-state index is 12.9. The monoisotopic (exact) mass is 383 g/mol. The molecule has 27 heavy (non-hydrogen) atoms. The number of amides is 1. The fraction of sp³-hybridized carbons (Fsp3) is 0.381. The van der Waals surface area contributed by atoms with Crippen LogP contribution in [-0.4, -0.2) is 49.0 Å². The van der Waals surface area contributed by atoms with Gasteiger partial charge in [0.05, 0.1) is 29.7 Å². The Kier molecular flexibility index (Phi) is 5.55. The zero-order valence-electron chi connectivity index (χ0n) is 15.3. The van der Waals surface area contributed by atoms with Crippen LogP contribution in [0.25, 0.3) is 0 Å². The molecule has 142 valence electrons. The first kappa shape index (κ1) is 18.2. The summed E-state index contributed by atoms with van der Waals surface area (Å²) >= 11 is 1.80. The molecule has 0 saturated carbocycles. The van der Waals surface area contributed by atoms with Gasteiger partial charge in [-0.05, 0) is 37.1 Å². The van der Waals surface area contributed by atoms with Gasteiger partial charge in [-0.3, -0.25) is 4.79 Å². The van der Waals surface area contributed by atoms with Gasteiger partial charge in [-0.1, -0.05) is 24.3 Å². The topological polar surface area (TPSA) is 55.8 Å². The number of hydrogen-bond donors (Lipinski definition) is 2. The maximum atomic E-state index is 12.9. The Hall–Kier alpha value is -2.18. The van der Waals surface area contributed by atoms with E-state index in [-0.39, 0.29) is 18.6 Å². The van der Waals surface area contributed by atoms with E-state index in [1.54, 1.807) is 11.8 Å². The molecule has 0 aliphatic carbocycles. The number of rotatable bonds is 4. The van der Waals surface area contributed by atoms with E-state index in [9.17, 15) is 9.90 Å². The van der Waals surface area contributed by atoms with Crippen LogP contribution in [0.1, 0.15) is 12.8 Å². The summed E-state index contributed by atoms with van der Waals surface area (Å²) in [6.45, 7) is 2.69. The molecule has 1 saturated heterocycles. The molecule has 2 aliphatic rings. The Bertz CT molecular complexity index is 806. The molecule has 2 heterocycles. The number of benzene rings is 2. The SMILES string of the molecule is O=C(CNc1ccccc1N1CCC(O)CC1)N1CCSc2ccccc21. The zero-order valence-corrected chi connectivity index (χ0v) is 16.1. The van der Waals surface area contributed by atoms with Gasteiger partial charge in [0, 0.05) is 30.3 Å². The molecule has 2 N–H and O–H groups in total. The van der Waals surface area contributed by atoms with E-state index in [2.05, 4.69) is 22.3 Å². The summed E-state index contributed by atoms with van der Waals surface area (Å²) in [5.74, 6) is 1.02. The van der Waals surface area contributed by atoms with Gasteiger partial charge in [0.25, 0.3) is 0 Å². The van der Waals surface area contributed by atoms with Crippen molar-refractivity contribution >= 4 is 34.7 Å². The van der Waals surface area contributed by atoms with Gasteiger partial charge < -0.3 is 20.2 Å². The molecule has 1 fully saturated rings. The van der Waals surface area contributed by atoms with Crippen LogP contribution in [0.4, 0.5) is 17.1 Å². The van der Waals surface area contributed by atoms with Crippen molar-refractivity contribution in [3.8, 4) is 0 Å². The average molecular weight is 384 g/mol. The van der Waals surface area contributed by atoms with Gasteiger partial charge in [-0.2, -0.15) is 0 Å². The average Bonchev–Trinajstić information content (AvgIpc) is 2.72. The lowest BCUT2D eigenvalue weighted by molar-refractivity contribution is -0.117. The molecule has 6 heteroatoms. The highest BCUT2D eigenvalue weighted by Crippen LogP contribution is 2.34. The van der Waals surface area contributed by atoms with E-state index in [1.165, 1.54) is 4.90 Å². The summed E-state index contributed by atoms with van der Waals surface area (Å²) < 4.78 is 0. The number of para-hydroxylation sites is 3. The van der Waals surface area contributed by atoms with Crippen molar-refractivity contribution in [1.29, 1.82) is 0 Å². The Labute approximate surface area is 164 Å². The lowest BCUT2D eigenvalue weighted by atomic mass is 10.1. The second-order valence-electron chi connectivity index (χ2n) is 6.95. The summed E-state index contributed by atoms with van der Waals surface area (Å²) in [6, 6.07) is 16.2. The first-order valence-electron chi connectivity index (χ1n) is 9.50. The van der Waals surface area contributed by atoms with Crippen LogP contribution in [-0.2, 0) is 4.79 Å². The van der Waals surface area contributed by atoms with E-state index in [0.717, 1.165) is 55.3 Å². The molecule has 4 rings (SSSR count). The highest BCUT2D eigenvalue weighted by atomic mass is 32.2. The second-order valence-corrected chi connectivity index (χ2v) is 8.09. The van der Waals surface area contributed by atoms with Crippen molar-refractivity contribution in [2.45, 2.75) is 23.8 Å². The highest BCUT2D eigenvalue weighted by Gasteiger charge is 2.23. The lowest BCUT2D eigenvalue weighted by Crippen LogP contribution is -2.39. The van der Waals surface area contributed by atoms with Gasteiger partial charge in [0.1, 0.15) is 0 Å². The van der Waals surface area contributed by atoms with Gasteiger partial charge in [0.2, 0.25) is 5.91 Å². The Morgan fingerprint density at radius 2 is 1.74 bits per heavy atom. The van der Waals surface area contributed by atoms with Crippen LogP contribution >= 0.6 is 11.8 Å². The third-order valence-corrected chi connectivity index (χ3v) is 6.21. The van der Waals surface area contributed by atoms with E-state index < -0.39 is 0 Å². The Morgan fingerprint density at radius 1 is 1.04 bits per heavy atom. The molecular weight excluding hydrogens is 358 g/mol. The Morgan fingerprint density at radius 3 is 2.56 bits per heavy atom. The number of nitrogens with one attached hydrogen (secondary N) is 1. The lowest BCUT2D eigenvalue weighted by Gasteiger charge is -2.33. The molecule has 2 aromatic carbocycles. The third-order valence-electron chi connectivity index (χ3n) is 5.17. The van der Waals surface area contributed by atoms with Gasteiger partial charge >= 0.3 is 0 Å². The van der Waals surface area contributed by atoms with E-state index in [0.29, 0.717) is 0 Å². The molecule has 0 bridgehead atoms. The number of thioether (sulfide) groups is 1. The molecule has 0 aromatic heterocycles. The number of hydrogen-bond acceptors (Lipinski definition) is 5. The minimum absolute atomic E-state index is 0.0895. The molecule has 0 atom stereocenters. The van der Waals surface area contributed by atoms with Crippen molar-refractivity contribution in [1.82, 2.24) is 0 Å².